The van der Waals surface area contributed by atoms with Crippen LogP contribution < -0.4 is 5.32 Å². The maximum atomic E-state index is 14.5. The minimum absolute atomic E-state index is 0.110. The van der Waals surface area contributed by atoms with Crippen molar-refractivity contribution in [1.29, 1.82) is 0 Å². The van der Waals surface area contributed by atoms with Crippen LogP contribution in [-0.2, 0) is 20.9 Å². The monoisotopic (exact) mass is 580 g/mol. The zero-order valence-corrected chi connectivity index (χ0v) is 23.4. The Morgan fingerprint density at radius 2 is 1.77 bits per heavy atom. The zero-order valence-electron chi connectivity index (χ0n) is 22.7. The number of alkyl halides is 4. The molecule has 0 saturated carbocycles. The van der Waals surface area contributed by atoms with Crippen molar-refractivity contribution in [2.24, 2.45) is 5.41 Å². The molecule has 4 aliphatic rings. The quantitative estimate of drug-likeness (QED) is 0.498. The molecule has 0 bridgehead atoms. The first-order valence-electron chi connectivity index (χ1n) is 13.9. The fraction of sp³-hybridized carbons (Fsp3) is 0.586. The van der Waals surface area contributed by atoms with Crippen molar-refractivity contribution in [3.8, 4) is 0 Å². The molecule has 3 heterocycles. The lowest BCUT2D eigenvalue weighted by Crippen LogP contribution is -2.57. The van der Waals surface area contributed by atoms with Crippen molar-refractivity contribution >= 4 is 23.4 Å². The maximum absolute atomic E-state index is 14.5. The van der Waals surface area contributed by atoms with Gasteiger partial charge >= 0.3 is 6.18 Å². The summed E-state index contributed by atoms with van der Waals surface area (Å²) in [4.78, 5) is 32.8. The van der Waals surface area contributed by atoms with E-state index in [9.17, 15) is 22.8 Å². The molecular formula is C29H36ClF3N4O3. The Hall–Kier alpha value is -2.40. The van der Waals surface area contributed by atoms with Crippen LogP contribution in [0.5, 0.6) is 0 Å². The highest BCUT2D eigenvalue weighted by atomic mass is 35.5. The number of hydrogen-bond acceptors (Lipinski definition) is 5. The molecule has 1 aromatic carbocycles. The van der Waals surface area contributed by atoms with Gasteiger partial charge in [0, 0.05) is 31.9 Å². The Morgan fingerprint density at radius 3 is 2.42 bits per heavy atom. The van der Waals surface area contributed by atoms with Crippen molar-refractivity contribution in [3.63, 3.8) is 0 Å². The Bertz CT molecular complexity index is 1160. The predicted octanol–water partition coefficient (Wildman–Crippen LogP) is 3.70. The van der Waals surface area contributed by atoms with Crippen molar-refractivity contribution in [1.82, 2.24) is 20.0 Å². The van der Waals surface area contributed by atoms with Crippen molar-refractivity contribution in [2.75, 3.05) is 52.5 Å². The average molecular weight is 581 g/mol. The fourth-order valence-corrected chi connectivity index (χ4v) is 6.93. The number of nitrogens with zero attached hydrogens (tertiary/aromatic N) is 3. The van der Waals surface area contributed by atoms with E-state index in [-0.39, 0.29) is 12.5 Å². The van der Waals surface area contributed by atoms with Crippen molar-refractivity contribution in [2.45, 2.75) is 49.8 Å². The van der Waals surface area contributed by atoms with Crippen LogP contribution in [-0.4, -0.2) is 96.1 Å². The van der Waals surface area contributed by atoms with Gasteiger partial charge in [-0.05, 0) is 56.5 Å². The molecule has 0 aromatic heterocycles. The topological polar surface area (TPSA) is 65.1 Å². The third-order valence-corrected chi connectivity index (χ3v) is 8.83. The van der Waals surface area contributed by atoms with Gasteiger partial charge in [-0.25, -0.2) is 0 Å². The Labute approximate surface area is 237 Å². The summed E-state index contributed by atoms with van der Waals surface area (Å²) >= 11 is 7.11. The predicted molar refractivity (Wildman–Crippen MR) is 145 cm³/mol. The van der Waals surface area contributed by atoms with Crippen LogP contribution in [0.4, 0.5) is 13.2 Å². The number of ether oxygens (including phenoxy) is 1. The highest BCUT2D eigenvalue weighted by Crippen LogP contribution is 2.56. The lowest BCUT2D eigenvalue weighted by atomic mass is 9.67. The minimum atomic E-state index is -4.56. The number of piperidine rings is 1. The van der Waals surface area contributed by atoms with Crippen LogP contribution in [0.15, 0.2) is 53.8 Å². The standard InChI is InChI=1S/C29H36ClF3N4O3/c1-27(30)9-5-8-22-24(27)28(10-12-35(13-11-28)18-21-6-3-2-4-7-21)26(39)37(22)23(19-36-14-16-40-17-15-36)25(38)34-20-29(31,32)33/h2-8,23H,9-20H2,1H3,(H,34,38). The van der Waals surface area contributed by atoms with E-state index >= 15 is 0 Å². The molecule has 1 aromatic rings. The first-order chi connectivity index (χ1) is 19.0. The molecule has 2 saturated heterocycles. The lowest BCUT2D eigenvalue weighted by molar-refractivity contribution is -0.148. The number of rotatable bonds is 7. The molecule has 3 aliphatic heterocycles. The van der Waals surface area contributed by atoms with E-state index in [0.717, 1.165) is 12.1 Å². The van der Waals surface area contributed by atoms with Gasteiger partial charge in [-0.15, -0.1) is 11.6 Å². The number of allylic oxidation sites excluding steroid dienone is 2. The lowest BCUT2D eigenvalue weighted by Gasteiger charge is -2.43. The fourth-order valence-electron chi connectivity index (χ4n) is 6.56. The number of benzene rings is 1. The summed E-state index contributed by atoms with van der Waals surface area (Å²) in [5.74, 6) is -1.06. The second-order valence-corrected chi connectivity index (χ2v) is 12.2. The summed E-state index contributed by atoms with van der Waals surface area (Å²) in [5, 5.41) is 2.05. The van der Waals surface area contributed by atoms with E-state index in [1.54, 1.807) is 0 Å². The minimum Gasteiger partial charge on any atom is -0.379 e. The molecule has 1 spiro atoms. The number of carbonyl (C=O) groups is 2. The molecule has 0 radical (unpaired) electrons. The number of fused-ring (bicyclic) bond motifs is 1. The highest BCUT2D eigenvalue weighted by Gasteiger charge is 2.60. The summed E-state index contributed by atoms with van der Waals surface area (Å²) in [6.45, 7) is 4.60. The average Bonchev–Trinajstić information content (AvgIpc) is 3.16. The van der Waals surface area contributed by atoms with E-state index in [1.807, 2.05) is 47.5 Å². The smallest absolute Gasteiger partial charge is 0.379 e. The third kappa shape index (κ3) is 5.95. The van der Waals surface area contributed by atoms with E-state index in [0.29, 0.717) is 64.4 Å². The van der Waals surface area contributed by atoms with Gasteiger partial charge in [0.1, 0.15) is 12.6 Å². The van der Waals surface area contributed by atoms with E-state index in [4.69, 9.17) is 16.3 Å². The van der Waals surface area contributed by atoms with E-state index < -0.39 is 35.0 Å². The van der Waals surface area contributed by atoms with Crippen LogP contribution in [0.3, 0.4) is 0 Å². The maximum Gasteiger partial charge on any atom is 0.405 e. The van der Waals surface area contributed by atoms with E-state index in [1.165, 1.54) is 10.5 Å². The Balaban J connectivity index is 1.46. The highest BCUT2D eigenvalue weighted by molar-refractivity contribution is 6.27. The van der Waals surface area contributed by atoms with Crippen molar-refractivity contribution in [3.05, 3.63) is 59.3 Å². The molecule has 218 valence electrons. The van der Waals surface area contributed by atoms with Gasteiger partial charge in [0.2, 0.25) is 11.8 Å². The van der Waals surface area contributed by atoms with Gasteiger partial charge in [-0.2, -0.15) is 13.2 Å². The second kappa shape index (κ2) is 11.5. The van der Waals surface area contributed by atoms with Crippen LogP contribution >= 0.6 is 11.6 Å². The molecule has 1 N–H and O–H groups in total. The van der Waals surface area contributed by atoms with Crippen LogP contribution in [0, 0.1) is 5.41 Å². The number of halogens is 4. The number of nitrogens with one attached hydrogen (secondary N) is 1. The van der Waals surface area contributed by atoms with Crippen molar-refractivity contribution < 1.29 is 27.5 Å². The molecule has 2 fully saturated rings. The number of carbonyl (C=O) groups excluding carboxylic acids is 2. The van der Waals surface area contributed by atoms with Crippen LogP contribution in [0.2, 0.25) is 0 Å². The summed E-state index contributed by atoms with van der Waals surface area (Å²) < 4.78 is 44.7. The second-order valence-electron chi connectivity index (χ2n) is 11.3. The molecule has 1 aliphatic carbocycles. The number of likely N-dealkylation sites (tertiary alicyclic amines) is 1. The largest absolute Gasteiger partial charge is 0.405 e. The SMILES string of the molecule is CC1(Cl)CC=CC2=C1C1(CCN(Cc3ccccc3)CC1)C(=O)N2C(CN1CCOCC1)C(=O)NCC(F)(F)F. The zero-order chi connectivity index (χ0) is 28.5. The Kier molecular flexibility index (Phi) is 8.34. The van der Waals surface area contributed by atoms with Gasteiger partial charge in [-0.1, -0.05) is 36.4 Å². The number of morpholine rings is 1. The van der Waals surface area contributed by atoms with Gasteiger partial charge in [-0.3, -0.25) is 24.3 Å². The number of hydrogen-bond donors (Lipinski definition) is 1. The molecule has 5 rings (SSSR count). The molecule has 2 amide bonds. The molecule has 7 nitrogen and oxygen atoms in total. The summed E-state index contributed by atoms with van der Waals surface area (Å²) in [6, 6.07) is 9.00. The first-order valence-corrected chi connectivity index (χ1v) is 14.2. The third-order valence-electron chi connectivity index (χ3n) is 8.49. The molecular weight excluding hydrogens is 545 g/mol. The molecule has 11 heteroatoms. The van der Waals surface area contributed by atoms with Gasteiger partial charge in [0.05, 0.1) is 23.5 Å². The van der Waals surface area contributed by atoms with Crippen LogP contribution in [0.1, 0.15) is 31.7 Å². The van der Waals surface area contributed by atoms with E-state index in [2.05, 4.69) is 17.0 Å². The summed E-state index contributed by atoms with van der Waals surface area (Å²) in [6.07, 6.45) is 0.724. The van der Waals surface area contributed by atoms with Gasteiger partial charge in [0.15, 0.2) is 0 Å². The summed E-state index contributed by atoms with van der Waals surface area (Å²) in [7, 11) is 0. The first kappa shape index (κ1) is 29.1. The van der Waals surface area contributed by atoms with Crippen LogP contribution in [0.25, 0.3) is 0 Å². The Morgan fingerprint density at radius 1 is 1.10 bits per heavy atom. The normalized spacial score (nSPS) is 26.3. The van der Waals surface area contributed by atoms with Gasteiger partial charge < -0.3 is 10.1 Å². The molecule has 2 atom stereocenters. The molecule has 40 heavy (non-hydrogen) atoms. The molecule has 2 unspecified atom stereocenters. The summed E-state index contributed by atoms with van der Waals surface area (Å²) in [5.41, 5.74) is 1.64. The number of amides is 2. The van der Waals surface area contributed by atoms with Gasteiger partial charge in [0.25, 0.3) is 0 Å².